The molecule has 9 heteroatoms. The minimum atomic E-state index is -1.31. The fourth-order valence-electron chi connectivity index (χ4n) is 1.34. The predicted molar refractivity (Wildman–Crippen MR) is 62.8 cm³/mol. The third-order valence-electron chi connectivity index (χ3n) is 2.13. The molecule has 0 heterocycles. The van der Waals surface area contributed by atoms with E-state index in [2.05, 4.69) is 0 Å². The Kier molecular flexibility index (Phi) is 8.22. The third kappa shape index (κ3) is 7.21. The van der Waals surface area contributed by atoms with Gasteiger partial charge in [-0.05, 0) is 0 Å². The van der Waals surface area contributed by atoms with Gasteiger partial charge in [-0.25, -0.2) is 4.79 Å². The number of carbonyl (C=O) groups is 3. The monoisotopic (exact) mass is 278 g/mol. The molecule has 0 aromatic carbocycles. The van der Waals surface area contributed by atoms with Crippen molar-refractivity contribution < 1.29 is 34.4 Å². The Morgan fingerprint density at radius 2 is 1.53 bits per heavy atom. The number of carboxylic acid groups (broad SMARTS) is 2. The maximum atomic E-state index is 12.0. The summed E-state index contributed by atoms with van der Waals surface area (Å²) >= 11 is 0. The van der Waals surface area contributed by atoms with Crippen LogP contribution >= 0.6 is 0 Å². The summed E-state index contributed by atoms with van der Waals surface area (Å²) in [6.45, 7) is -1.47. The number of ether oxygens (including phenoxy) is 1. The first-order valence-electron chi connectivity index (χ1n) is 5.49. The van der Waals surface area contributed by atoms with Crippen LogP contribution in [0.2, 0.25) is 0 Å². The summed E-state index contributed by atoms with van der Waals surface area (Å²) in [5.41, 5.74) is 0. The van der Waals surface area contributed by atoms with Gasteiger partial charge in [-0.15, -0.1) is 0 Å². The Bertz CT molecular complexity index is 305. The Hall–Kier alpha value is -1.87. The Morgan fingerprint density at radius 1 is 1.00 bits per heavy atom. The fraction of sp³-hybridized carbons (Fsp3) is 0.700. The van der Waals surface area contributed by atoms with Gasteiger partial charge in [-0.2, -0.15) is 0 Å². The summed E-state index contributed by atoms with van der Waals surface area (Å²) in [7, 11) is 1.42. The molecule has 0 atom stereocenters. The van der Waals surface area contributed by atoms with Crippen molar-refractivity contribution in [2.24, 2.45) is 0 Å². The minimum Gasteiger partial charge on any atom is -0.480 e. The molecular weight excluding hydrogens is 260 g/mol. The number of nitrogens with zero attached hydrogens (tertiary/aromatic N) is 2. The van der Waals surface area contributed by atoms with Crippen LogP contribution in [0.5, 0.6) is 0 Å². The highest BCUT2D eigenvalue weighted by Gasteiger charge is 2.24. The lowest BCUT2D eigenvalue weighted by Crippen LogP contribution is -2.49. The number of carboxylic acids is 2. The Labute approximate surface area is 110 Å². The topological polar surface area (TPSA) is 128 Å². The molecule has 0 aromatic rings. The van der Waals surface area contributed by atoms with E-state index in [1.165, 1.54) is 7.11 Å². The van der Waals surface area contributed by atoms with Gasteiger partial charge < -0.3 is 29.9 Å². The van der Waals surface area contributed by atoms with Gasteiger partial charge >= 0.3 is 18.0 Å². The number of hydrogen-bond acceptors (Lipinski definition) is 5. The van der Waals surface area contributed by atoms with Crippen LogP contribution < -0.4 is 0 Å². The van der Waals surface area contributed by atoms with Crippen molar-refractivity contribution in [3.8, 4) is 0 Å². The lowest BCUT2D eigenvalue weighted by atomic mass is 10.4. The van der Waals surface area contributed by atoms with E-state index in [1.54, 1.807) is 0 Å². The second-order valence-electron chi connectivity index (χ2n) is 3.63. The summed E-state index contributed by atoms with van der Waals surface area (Å²) in [6.07, 6.45) is 0. The molecule has 0 spiro atoms. The van der Waals surface area contributed by atoms with Crippen molar-refractivity contribution in [3.05, 3.63) is 0 Å². The van der Waals surface area contributed by atoms with Gasteiger partial charge in [0, 0.05) is 20.2 Å². The smallest absolute Gasteiger partial charge is 0.323 e. The number of urea groups is 1. The van der Waals surface area contributed by atoms with E-state index in [1.807, 2.05) is 0 Å². The van der Waals surface area contributed by atoms with Crippen molar-refractivity contribution in [1.29, 1.82) is 0 Å². The van der Waals surface area contributed by atoms with Gasteiger partial charge in [0.25, 0.3) is 0 Å². The minimum absolute atomic E-state index is 0.0298. The molecule has 0 fully saturated rings. The maximum Gasteiger partial charge on any atom is 0.323 e. The molecule has 110 valence electrons. The molecule has 0 aliphatic rings. The van der Waals surface area contributed by atoms with Crippen LogP contribution in [-0.2, 0) is 14.3 Å². The number of rotatable bonds is 9. The van der Waals surface area contributed by atoms with Crippen LogP contribution in [0.25, 0.3) is 0 Å². The molecule has 0 unspecified atom stereocenters. The number of methoxy groups -OCH3 is 1. The van der Waals surface area contributed by atoms with Crippen LogP contribution in [0, 0.1) is 0 Å². The third-order valence-corrected chi connectivity index (χ3v) is 2.13. The van der Waals surface area contributed by atoms with Gasteiger partial charge in [0.1, 0.15) is 13.1 Å². The molecule has 0 aromatic heterocycles. The van der Waals surface area contributed by atoms with E-state index in [4.69, 9.17) is 20.1 Å². The fourth-order valence-corrected chi connectivity index (χ4v) is 1.34. The predicted octanol–water partition coefficient (Wildman–Crippen LogP) is -1.48. The maximum absolute atomic E-state index is 12.0. The van der Waals surface area contributed by atoms with Gasteiger partial charge in [-0.1, -0.05) is 0 Å². The lowest BCUT2D eigenvalue weighted by Gasteiger charge is -2.28. The molecular formula is C10H18N2O7. The van der Waals surface area contributed by atoms with Crippen LogP contribution in [0.3, 0.4) is 0 Å². The summed E-state index contributed by atoms with van der Waals surface area (Å²) in [4.78, 5) is 35.0. The van der Waals surface area contributed by atoms with Gasteiger partial charge in [0.2, 0.25) is 0 Å². The largest absolute Gasteiger partial charge is 0.480 e. The highest BCUT2D eigenvalue weighted by Crippen LogP contribution is 2.00. The van der Waals surface area contributed by atoms with Crippen LogP contribution in [0.4, 0.5) is 4.79 Å². The standard InChI is InChI=1S/C10H18N2O7/c1-19-5-3-11(2-4-13)10(18)12(6-8(14)15)7-9(16)17/h13H,2-7H2,1H3,(H,14,15)(H,16,17). The average Bonchev–Trinajstić information content (AvgIpc) is 2.31. The first kappa shape index (κ1) is 17.1. The first-order valence-corrected chi connectivity index (χ1v) is 5.49. The number of aliphatic carboxylic acids is 2. The van der Waals surface area contributed by atoms with Crippen LogP contribution in [0.1, 0.15) is 0 Å². The van der Waals surface area contributed by atoms with Gasteiger partial charge in [0.05, 0.1) is 13.2 Å². The lowest BCUT2D eigenvalue weighted by molar-refractivity contribution is -0.140. The number of carbonyl (C=O) groups excluding carboxylic acids is 1. The molecule has 19 heavy (non-hydrogen) atoms. The number of aliphatic hydroxyl groups is 1. The zero-order valence-corrected chi connectivity index (χ0v) is 10.6. The van der Waals surface area contributed by atoms with E-state index in [9.17, 15) is 14.4 Å². The Morgan fingerprint density at radius 3 is 1.89 bits per heavy atom. The van der Waals surface area contributed by atoms with Gasteiger partial charge in [-0.3, -0.25) is 9.59 Å². The first-order chi connectivity index (χ1) is 8.92. The normalized spacial score (nSPS) is 10.0. The van der Waals surface area contributed by atoms with E-state index >= 15 is 0 Å². The number of amides is 2. The van der Waals surface area contributed by atoms with E-state index in [0.29, 0.717) is 4.90 Å². The second-order valence-corrected chi connectivity index (χ2v) is 3.63. The molecule has 0 aliphatic heterocycles. The van der Waals surface area contributed by atoms with Gasteiger partial charge in [0.15, 0.2) is 0 Å². The summed E-state index contributed by atoms with van der Waals surface area (Å²) in [5.74, 6) is -2.63. The zero-order valence-electron chi connectivity index (χ0n) is 10.6. The highest BCUT2D eigenvalue weighted by molar-refractivity contribution is 5.84. The summed E-state index contributed by atoms with van der Waals surface area (Å²) in [6, 6.07) is -0.768. The zero-order chi connectivity index (χ0) is 14.8. The number of aliphatic hydroxyl groups excluding tert-OH is 1. The van der Waals surface area contributed by atoms with E-state index in [0.717, 1.165) is 4.90 Å². The number of hydrogen-bond donors (Lipinski definition) is 3. The van der Waals surface area contributed by atoms with Crippen molar-refractivity contribution in [2.45, 2.75) is 0 Å². The molecule has 3 N–H and O–H groups in total. The highest BCUT2D eigenvalue weighted by atomic mass is 16.5. The molecule has 0 rings (SSSR count). The molecule has 0 radical (unpaired) electrons. The molecule has 2 amide bonds. The SMILES string of the molecule is COCCN(CCO)C(=O)N(CC(=O)O)CC(=O)O. The summed E-state index contributed by atoms with van der Waals surface area (Å²) < 4.78 is 4.78. The molecule has 0 bridgehead atoms. The van der Waals surface area contributed by atoms with Crippen molar-refractivity contribution >= 4 is 18.0 Å². The molecule has 0 saturated heterocycles. The molecule has 0 aliphatic carbocycles. The average molecular weight is 278 g/mol. The molecule has 9 nitrogen and oxygen atoms in total. The van der Waals surface area contributed by atoms with Crippen LogP contribution in [0.15, 0.2) is 0 Å². The molecule has 0 saturated carbocycles. The van der Waals surface area contributed by atoms with Crippen molar-refractivity contribution in [2.75, 3.05) is 46.5 Å². The van der Waals surface area contributed by atoms with Crippen LogP contribution in [-0.4, -0.2) is 89.6 Å². The van der Waals surface area contributed by atoms with Crippen molar-refractivity contribution in [3.63, 3.8) is 0 Å². The summed E-state index contributed by atoms with van der Waals surface area (Å²) in [5, 5.41) is 26.2. The van der Waals surface area contributed by atoms with E-state index < -0.39 is 31.1 Å². The second kappa shape index (κ2) is 9.11. The Balaban J connectivity index is 4.77. The van der Waals surface area contributed by atoms with Crippen molar-refractivity contribution in [1.82, 2.24) is 9.80 Å². The van der Waals surface area contributed by atoms with E-state index in [-0.39, 0.29) is 26.3 Å². The quantitative estimate of drug-likeness (QED) is 0.469.